The van der Waals surface area contributed by atoms with Crippen LogP contribution in [0.3, 0.4) is 0 Å². The number of esters is 1. The van der Waals surface area contributed by atoms with Crippen LogP contribution in [-0.4, -0.2) is 22.8 Å². The van der Waals surface area contributed by atoms with Crippen molar-refractivity contribution in [2.45, 2.75) is 20.0 Å². The van der Waals surface area contributed by atoms with Gasteiger partial charge in [-0.15, -0.1) is 0 Å². The molecule has 2 N–H and O–H groups in total. The second kappa shape index (κ2) is 9.58. The summed E-state index contributed by atoms with van der Waals surface area (Å²) in [4.78, 5) is 38.6. The van der Waals surface area contributed by atoms with E-state index in [1.54, 1.807) is 36.4 Å². The fourth-order valence-corrected chi connectivity index (χ4v) is 3.81. The molecule has 1 aliphatic rings. The number of nitrogens with one attached hydrogen (secondary N) is 1. The van der Waals surface area contributed by atoms with Crippen LogP contribution in [0.2, 0.25) is 0 Å². The number of amides is 1. The fraction of sp³-hybridized carbons (Fsp3) is 0.107. The smallest absolute Gasteiger partial charge is 0.339 e. The van der Waals surface area contributed by atoms with Gasteiger partial charge in [0, 0.05) is 11.3 Å². The number of aliphatic hydroxyl groups excluding tert-OH is 1. The number of ketones is 1. The standard InChI is InChI=1S/C28H23NO5/c1-17-12-14-22(18(2)16-17)29-27(32)25(31)24(23(30)15-13-19-8-4-3-5-9-19)26-20-10-6-7-11-21(20)28(33)34-26/h3-16,26,31H,1-2H3,(H,29,32)/b15-13+,25-24+/t26-/m1/s1. The van der Waals surface area contributed by atoms with E-state index in [0.29, 0.717) is 11.3 Å². The number of hydrogen-bond donors (Lipinski definition) is 2. The Bertz CT molecular complexity index is 1340. The number of carbonyl (C=O) groups is 3. The Morgan fingerprint density at radius 1 is 0.971 bits per heavy atom. The Kier molecular flexibility index (Phi) is 6.41. The minimum Gasteiger partial charge on any atom is -0.503 e. The highest BCUT2D eigenvalue weighted by molar-refractivity contribution is 6.15. The molecule has 0 fully saturated rings. The number of fused-ring (bicyclic) bond motifs is 1. The van der Waals surface area contributed by atoms with E-state index in [1.165, 1.54) is 6.08 Å². The zero-order valence-corrected chi connectivity index (χ0v) is 18.7. The van der Waals surface area contributed by atoms with Gasteiger partial charge in [0.1, 0.15) is 0 Å². The van der Waals surface area contributed by atoms with Crippen molar-refractivity contribution in [2.75, 3.05) is 5.32 Å². The highest BCUT2D eigenvalue weighted by Gasteiger charge is 2.38. The first kappa shape index (κ1) is 22.7. The van der Waals surface area contributed by atoms with E-state index in [0.717, 1.165) is 16.7 Å². The lowest BCUT2D eigenvalue weighted by Gasteiger charge is -2.16. The Morgan fingerprint density at radius 2 is 1.68 bits per heavy atom. The van der Waals surface area contributed by atoms with Crippen LogP contribution in [0.1, 0.15) is 38.7 Å². The van der Waals surface area contributed by atoms with Gasteiger partial charge >= 0.3 is 5.97 Å². The van der Waals surface area contributed by atoms with Crippen LogP contribution >= 0.6 is 0 Å². The SMILES string of the molecule is Cc1ccc(NC(=O)/C(O)=C(/C(=O)/C=C/c2ccccc2)[C@@H]2OC(=O)c3ccccc32)c(C)c1. The van der Waals surface area contributed by atoms with Gasteiger partial charge in [-0.3, -0.25) is 9.59 Å². The van der Waals surface area contributed by atoms with E-state index >= 15 is 0 Å². The minimum absolute atomic E-state index is 0.285. The molecular formula is C28H23NO5. The summed E-state index contributed by atoms with van der Waals surface area (Å²) < 4.78 is 5.44. The largest absolute Gasteiger partial charge is 0.503 e. The topological polar surface area (TPSA) is 92.7 Å². The van der Waals surface area contributed by atoms with Gasteiger partial charge in [0.05, 0.1) is 11.1 Å². The van der Waals surface area contributed by atoms with Gasteiger partial charge in [-0.05, 0) is 43.2 Å². The molecule has 0 aliphatic carbocycles. The lowest BCUT2D eigenvalue weighted by atomic mass is 9.94. The normalized spacial score (nSPS) is 15.5. The van der Waals surface area contributed by atoms with Gasteiger partial charge in [-0.25, -0.2) is 4.79 Å². The third kappa shape index (κ3) is 4.66. The van der Waals surface area contributed by atoms with Crippen molar-refractivity contribution in [2.24, 2.45) is 0 Å². The predicted octanol–water partition coefficient (Wildman–Crippen LogP) is 5.25. The number of cyclic esters (lactones) is 1. The molecule has 0 unspecified atom stereocenters. The van der Waals surface area contributed by atoms with E-state index < -0.39 is 29.5 Å². The van der Waals surface area contributed by atoms with Crippen molar-refractivity contribution >= 4 is 29.4 Å². The lowest BCUT2D eigenvalue weighted by molar-refractivity contribution is -0.117. The van der Waals surface area contributed by atoms with E-state index in [-0.39, 0.29) is 11.1 Å². The summed E-state index contributed by atoms with van der Waals surface area (Å²) in [6.07, 6.45) is 1.61. The fourth-order valence-electron chi connectivity index (χ4n) is 3.81. The Hall–Kier alpha value is -4.45. The first-order valence-corrected chi connectivity index (χ1v) is 10.7. The van der Waals surface area contributed by atoms with Gasteiger partial charge in [0.15, 0.2) is 17.6 Å². The number of benzene rings is 3. The molecule has 1 heterocycles. The van der Waals surface area contributed by atoms with Crippen molar-refractivity contribution < 1.29 is 24.2 Å². The molecule has 6 heteroatoms. The molecule has 34 heavy (non-hydrogen) atoms. The molecule has 0 bridgehead atoms. The number of carbonyl (C=O) groups excluding carboxylic acids is 3. The van der Waals surface area contributed by atoms with Gasteiger partial charge < -0.3 is 15.2 Å². The molecule has 1 atom stereocenters. The van der Waals surface area contributed by atoms with Crippen LogP contribution in [0.15, 0.2) is 90.2 Å². The van der Waals surface area contributed by atoms with Crippen LogP contribution in [0.5, 0.6) is 0 Å². The van der Waals surface area contributed by atoms with Crippen molar-refractivity contribution in [3.63, 3.8) is 0 Å². The van der Waals surface area contributed by atoms with Gasteiger partial charge in [-0.2, -0.15) is 0 Å². The summed E-state index contributed by atoms with van der Waals surface area (Å²) in [7, 11) is 0. The molecule has 170 valence electrons. The summed E-state index contributed by atoms with van der Waals surface area (Å²) in [6, 6.07) is 21.1. The van der Waals surface area contributed by atoms with Crippen LogP contribution < -0.4 is 5.32 Å². The third-order valence-electron chi connectivity index (χ3n) is 5.54. The van der Waals surface area contributed by atoms with E-state index in [2.05, 4.69) is 5.32 Å². The number of aryl methyl sites for hydroxylation is 2. The summed E-state index contributed by atoms with van der Waals surface area (Å²) in [6.45, 7) is 3.75. The van der Waals surface area contributed by atoms with Crippen molar-refractivity contribution in [3.8, 4) is 0 Å². The Labute approximate surface area is 197 Å². The zero-order chi connectivity index (χ0) is 24.2. The number of allylic oxidation sites excluding steroid dienone is 1. The summed E-state index contributed by atoms with van der Waals surface area (Å²) in [5, 5.41) is 13.6. The molecule has 4 rings (SSSR count). The monoisotopic (exact) mass is 453 g/mol. The zero-order valence-electron chi connectivity index (χ0n) is 18.7. The average Bonchev–Trinajstić information content (AvgIpc) is 3.16. The maximum absolute atomic E-state index is 13.3. The molecule has 0 aromatic heterocycles. The molecular weight excluding hydrogens is 430 g/mol. The highest BCUT2D eigenvalue weighted by atomic mass is 16.5. The van der Waals surface area contributed by atoms with Crippen LogP contribution in [0.25, 0.3) is 6.08 Å². The molecule has 1 aliphatic heterocycles. The second-order valence-corrected chi connectivity index (χ2v) is 8.02. The number of hydrogen-bond acceptors (Lipinski definition) is 5. The van der Waals surface area contributed by atoms with Crippen LogP contribution in [0.4, 0.5) is 5.69 Å². The van der Waals surface area contributed by atoms with Crippen molar-refractivity contribution in [1.29, 1.82) is 0 Å². The van der Waals surface area contributed by atoms with E-state index in [9.17, 15) is 19.5 Å². The molecule has 0 radical (unpaired) electrons. The van der Waals surface area contributed by atoms with Gasteiger partial charge in [-0.1, -0.05) is 72.3 Å². The average molecular weight is 453 g/mol. The minimum atomic E-state index is -1.21. The highest BCUT2D eigenvalue weighted by Crippen LogP contribution is 2.37. The molecule has 0 saturated carbocycles. The summed E-state index contributed by atoms with van der Waals surface area (Å²) in [5.41, 5.74) is 3.47. The number of rotatable bonds is 6. The van der Waals surface area contributed by atoms with Crippen molar-refractivity contribution in [1.82, 2.24) is 0 Å². The molecule has 3 aromatic rings. The molecule has 6 nitrogen and oxygen atoms in total. The number of ether oxygens (including phenoxy) is 1. The number of aliphatic hydroxyl groups is 1. The predicted molar refractivity (Wildman–Crippen MR) is 129 cm³/mol. The quantitative estimate of drug-likeness (QED) is 0.302. The first-order chi connectivity index (χ1) is 16.3. The molecule has 1 amide bonds. The first-order valence-electron chi connectivity index (χ1n) is 10.7. The molecule has 0 saturated heterocycles. The third-order valence-corrected chi connectivity index (χ3v) is 5.54. The van der Waals surface area contributed by atoms with Gasteiger partial charge in [0.2, 0.25) is 0 Å². The maximum atomic E-state index is 13.3. The van der Waals surface area contributed by atoms with E-state index in [4.69, 9.17) is 4.74 Å². The second-order valence-electron chi connectivity index (χ2n) is 8.02. The Morgan fingerprint density at radius 3 is 2.41 bits per heavy atom. The summed E-state index contributed by atoms with van der Waals surface area (Å²) >= 11 is 0. The number of anilines is 1. The van der Waals surface area contributed by atoms with Crippen LogP contribution in [0, 0.1) is 13.8 Å². The maximum Gasteiger partial charge on any atom is 0.339 e. The molecule has 3 aromatic carbocycles. The van der Waals surface area contributed by atoms with Crippen molar-refractivity contribution in [3.05, 3.63) is 118 Å². The van der Waals surface area contributed by atoms with Crippen LogP contribution in [-0.2, 0) is 14.3 Å². The Balaban J connectivity index is 1.74. The van der Waals surface area contributed by atoms with Gasteiger partial charge in [0.25, 0.3) is 5.91 Å². The lowest BCUT2D eigenvalue weighted by Crippen LogP contribution is -2.22. The summed E-state index contributed by atoms with van der Waals surface area (Å²) in [5.74, 6) is -2.95. The van der Waals surface area contributed by atoms with E-state index in [1.807, 2.05) is 56.3 Å². The molecule has 0 spiro atoms.